The first-order valence-electron chi connectivity index (χ1n) is 10.5. The summed E-state index contributed by atoms with van der Waals surface area (Å²) < 4.78 is 5.18. The van der Waals surface area contributed by atoms with Gasteiger partial charge in [0.2, 0.25) is 11.8 Å². The fourth-order valence-corrected chi connectivity index (χ4v) is 4.31. The number of anilines is 1. The molecule has 158 valence electrons. The number of methoxy groups -OCH3 is 1. The highest BCUT2D eigenvalue weighted by atomic mass is 16.5. The second-order valence-corrected chi connectivity index (χ2v) is 8.17. The van der Waals surface area contributed by atoms with E-state index in [1.165, 1.54) is 11.3 Å². The Morgan fingerprint density at radius 3 is 2.47 bits per heavy atom. The van der Waals surface area contributed by atoms with Gasteiger partial charge in [-0.3, -0.25) is 9.59 Å². The summed E-state index contributed by atoms with van der Waals surface area (Å²) in [6, 6.07) is 16.2. The maximum absolute atomic E-state index is 13.0. The summed E-state index contributed by atoms with van der Waals surface area (Å²) in [5.41, 5.74) is 3.50. The van der Waals surface area contributed by atoms with Gasteiger partial charge in [-0.05, 0) is 42.3 Å². The third kappa shape index (κ3) is 4.42. The van der Waals surface area contributed by atoms with Crippen molar-refractivity contribution >= 4 is 17.5 Å². The Morgan fingerprint density at radius 2 is 1.80 bits per heavy atom. The van der Waals surface area contributed by atoms with Crippen LogP contribution < -0.4 is 9.64 Å². The molecule has 0 N–H and O–H groups in total. The van der Waals surface area contributed by atoms with E-state index < -0.39 is 0 Å². The van der Waals surface area contributed by atoms with E-state index in [2.05, 4.69) is 36.1 Å². The van der Waals surface area contributed by atoms with Gasteiger partial charge in [0.05, 0.1) is 13.0 Å². The maximum atomic E-state index is 13.0. The fraction of sp³-hybridized carbons (Fsp3) is 0.417. The third-order valence-corrected chi connectivity index (χ3v) is 6.05. The number of carbonyl (C=O) groups is 2. The van der Waals surface area contributed by atoms with Gasteiger partial charge >= 0.3 is 0 Å². The molecule has 30 heavy (non-hydrogen) atoms. The lowest BCUT2D eigenvalue weighted by Crippen LogP contribution is -2.50. The Bertz CT molecular complexity index is 904. The van der Waals surface area contributed by atoms with Gasteiger partial charge < -0.3 is 19.4 Å². The van der Waals surface area contributed by atoms with Crippen LogP contribution in [0.1, 0.15) is 17.5 Å². The van der Waals surface area contributed by atoms with Crippen LogP contribution in [0.15, 0.2) is 48.5 Å². The monoisotopic (exact) mass is 407 g/mol. The lowest BCUT2D eigenvalue weighted by atomic mass is 10.1. The van der Waals surface area contributed by atoms with Crippen molar-refractivity contribution in [2.24, 2.45) is 5.92 Å². The Hall–Kier alpha value is -3.02. The molecule has 2 heterocycles. The fourth-order valence-electron chi connectivity index (χ4n) is 4.31. The van der Waals surface area contributed by atoms with Crippen LogP contribution in [0.2, 0.25) is 0 Å². The van der Waals surface area contributed by atoms with Crippen molar-refractivity contribution < 1.29 is 14.3 Å². The molecule has 2 aliphatic rings. The van der Waals surface area contributed by atoms with Crippen molar-refractivity contribution in [1.29, 1.82) is 0 Å². The molecule has 2 fully saturated rings. The van der Waals surface area contributed by atoms with E-state index in [4.69, 9.17) is 4.74 Å². The number of likely N-dealkylation sites (tertiary alicyclic amines) is 1. The predicted octanol–water partition coefficient (Wildman–Crippen LogP) is 2.70. The van der Waals surface area contributed by atoms with Gasteiger partial charge in [0, 0.05) is 51.4 Å². The first kappa shape index (κ1) is 20.3. The summed E-state index contributed by atoms with van der Waals surface area (Å²) in [5.74, 6) is 0.734. The smallest absolute Gasteiger partial charge is 0.228 e. The number of hydrogen-bond donors (Lipinski definition) is 0. The van der Waals surface area contributed by atoms with Gasteiger partial charge in [0.1, 0.15) is 5.75 Å². The van der Waals surface area contributed by atoms with E-state index in [9.17, 15) is 9.59 Å². The molecule has 2 amide bonds. The minimum atomic E-state index is -0.235. The number of piperazine rings is 1. The predicted molar refractivity (Wildman–Crippen MR) is 116 cm³/mol. The minimum absolute atomic E-state index is 0.0579. The van der Waals surface area contributed by atoms with Crippen LogP contribution in [0.4, 0.5) is 5.69 Å². The first-order valence-corrected chi connectivity index (χ1v) is 10.5. The van der Waals surface area contributed by atoms with E-state index in [1.54, 1.807) is 12.0 Å². The van der Waals surface area contributed by atoms with Gasteiger partial charge in [0.15, 0.2) is 0 Å². The number of benzene rings is 2. The van der Waals surface area contributed by atoms with Crippen molar-refractivity contribution in [3.8, 4) is 5.75 Å². The Kier molecular flexibility index (Phi) is 5.93. The normalized spacial score (nSPS) is 19.3. The number of aryl methyl sites for hydroxylation is 1. The Balaban J connectivity index is 1.31. The Labute approximate surface area is 178 Å². The molecule has 2 saturated heterocycles. The van der Waals surface area contributed by atoms with Crippen LogP contribution in [0.3, 0.4) is 0 Å². The molecule has 2 aromatic carbocycles. The molecule has 6 nitrogen and oxygen atoms in total. The van der Waals surface area contributed by atoms with Crippen molar-refractivity contribution in [2.45, 2.75) is 19.9 Å². The molecular formula is C24H29N3O3. The molecule has 6 heteroatoms. The number of nitrogens with zero attached hydrogens (tertiary/aromatic N) is 3. The summed E-state index contributed by atoms with van der Waals surface area (Å²) in [6.45, 7) is 6.19. The standard InChI is InChI=1S/C24H29N3O3/c1-18-4-3-5-21(14-18)25-10-12-26(13-11-25)24(29)20-15-23(28)27(17-20)16-19-6-8-22(30-2)9-7-19/h3-9,14,20H,10-13,15-17H2,1-2H3. The van der Waals surface area contributed by atoms with E-state index >= 15 is 0 Å². The molecule has 0 spiro atoms. The number of carbonyl (C=O) groups excluding carboxylic acids is 2. The van der Waals surface area contributed by atoms with E-state index in [1.807, 2.05) is 29.2 Å². The quantitative estimate of drug-likeness (QED) is 0.765. The molecule has 4 rings (SSSR count). The third-order valence-electron chi connectivity index (χ3n) is 6.05. The summed E-state index contributed by atoms with van der Waals surface area (Å²) >= 11 is 0. The topological polar surface area (TPSA) is 53.1 Å². The Morgan fingerprint density at radius 1 is 1.07 bits per heavy atom. The number of hydrogen-bond acceptors (Lipinski definition) is 4. The van der Waals surface area contributed by atoms with Crippen LogP contribution in [-0.2, 0) is 16.1 Å². The van der Waals surface area contributed by atoms with Crippen molar-refractivity contribution in [2.75, 3.05) is 44.7 Å². The van der Waals surface area contributed by atoms with E-state index in [0.29, 0.717) is 32.6 Å². The zero-order valence-electron chi connectivity index (χ0n) is 17.7. The summed E-state index contributed by atoms with van der Waals surface area (Å²) in [5, 5.41) is 0. The average molecular weight is 408 g/mol. The summed E-state index contributed by atoms with van der Waals surface area (Å²) in [7, 11) is 1.63. The minimum Gasteiger partial charge on any atom is -0.497 e. The van der Waals surface area contributed by atoms with Crippen molar-refractivity contribution in [1.82, 2.24) is 9.80 Å². The van der Waals surface area contributed by atoms with Gasteiger partial charge in [-0.1, -0.05) is 24.3 Å². The van der Waals surface area contributed by atoms with Crippen LogP contribution in [0, 0.1) is 12.8 Å². The number of ether oxygens (including phenoxy) is 1. The average Bonchev–Trinajstić information content (AvgIpc) is 3.14. The molecule has 0 radical (unpaired) electrons. The molecule has 0 aromatic heterocycles. The SMILES string of the molecule is COc1ccc(CN2CC(C(=O)N3CCN(c4cccc(C)c4)CC3)CC2=O)cc1. The first-order chi connectivity index (χ1) is 14.5. The summed E-state index contributed by atoms with van der Waals surface area (Å²) in [6.07, 6.45) is 0.313. The molecule has 0 aliphatic carbocycles. The highest BCUT2D eigenvalue weighted by Crippen LogP contribution is 2.24. The van der Waals surface area contributed by atoms with Gasteiger partial charge in [0.25, 0.3) is 0 Å². The molecule has 0 saturated carbocycles. The van der Waals surface area contributed by atoms with E-state index in [-0.39, 0.29) is 17.7 Å². The second-order valence-electron chi connectivity index (χ2n) is 8.17. The van der Waals surface area contributed by atoms with E-state index in [0.717, 1.165) is 24.4 Å². The zero-order chi connectivity index (χ0) is 21.1. The largest absolute Gasteiger partial charge is 0.497 e. The second kappa shape index (κ2) is 8.78. The lowest BCUT2D eigenvalue weighted by molar-refractivity contribution is -0.136. The lowest BCUT2D eigenvalue weighted by Gasteiger charge is -2.37. The molecular weight excluding hydrogens is 378 g/mol. The molecule has 0 bridgehead atoms. The summed E-state index contributed by atoms with van der Waals surface area (Å²) in [4.78, 5) is 31.6. The molecule has 1 unspecified atom stereocenters. The zero-order valence-corrected chi connectivity index (χ0v) is 17.7. The molecule has 2 aliphatic heterocycles. The number of rotatable bonds is 5. The maximum Gasteiger partial charge on any atom is 0.228 e. The van der Waals surface area contributed by atoms with Gasteiger partial charge in [-0.15, -0.1) is 0 Å². The van der Waals surface area contributed by atoms with Gasteiger partial charge in [-0.25, -0.2) is 0 Å². The van der Waals surface area contributed by atoms with Crippen molar-refractivity contribution in [3.05, 3.63) is 59.7 Å². The molecule has 2 aromatic rings. The van der Waals surface area contributed by atoms with Crippen molar-refractivity contribution in [3.63, 3.8) is 0 Å². The van der Waals surface area contributed by atoms with Crippen LogP contribution in [0.5, 0.6) is 5.75 Å². The highest BCUT2D eigenvalue weighted by Gasteiger charge is 2.37. The number of amides is 2. The van der Waals surface area contributed by atoms with Crippen LogP contribution in [-0.4, -0.2) is 61.4 Å². The highest BCUT2D eigenvalue weighted by molar-refractivity contribution is 5.89. The molecule has 1 atom stereocenters. The van der Waals surface area contributed by atoms with Crippen LogP contribution >= 0.6 is 0 Å². The van der Waals surface area contributed by atoms with Gasteiger partial charge in [-0.2, -0.15) is 0 Å². The van der Waals surface area contributed by atoms with Crippen LogP contribution in [0.25, 0.3) is 0 Å².